The number of nitrogens with zero attached hydrogens (tertiary/aromatic N) is 3. The van der Waals surface area contributed by atoms with Crippen molar-refractivity contribution < 1.29 is 0 Å². The molecule has 1 N–H and O–H groups in total. The molecule has 0 radical (unpaired) electrons. The number of fused-ring (bicyclic) bond motifs is 1. The number of hydrogen-bond acceptors (Lipinski definition) is 3. The highest BCUT2D eigenvalue weighted by Gasteiger charge is 2.21. The maximum Gasteiger partial charge on any atom is 0.194 e. The van der Waals surface area contributed by atoms with E-state index in [9.17, 15) is 0 Å². The van der Waals surface area contributed by atoms with E-state index in [2.05, 4.69) is 65.1 Å². The Morgan fingerprint density at radius 1 is 1.33 bits per heavy atom. The van der Waals surface area contributed by atoms with Gasteiger partial charge in [0.1, 0.15) is 0 Å². The molecule has 4 nitrogen and oxygen atoms in total. The van der Waals surface area contributed by atoms with Crippen molar-refractivity contribution >= 4 is 28.6 Å². The van der Waals surface area contributed by atoms with Crippen LogP contribution >= 0.6 is 11.8 Å². The molecular weight excluding hydrogens is 316 g/mol. The summed E-state index contributed by atoms with van der Waals surface area (Å²) in [7, 11) is 0. The fourth-order valence-corrected chi connectivity index (χ4v) is 4.22. The number of hydrogen-bond donors (Lipinski definition) is 1. The molecule has 1 atom stereocenters. The molecule has 0 amide bonds. The van der Waals surface area contributed by atoms with Crippen molar-refractivity contribution in [2.45, 2.75) is 32.1 Å². The Morgan fingerprint density at radius 2 is 2.21 bits per heavy atom. The zero-order valence-electron chi connectivity index (χ0n) is 14.5. The average Bonchev–Trinajstić information content (AvgIpc) is 2.65. The summed E-state index contributed by atoms with van der Waals surface area (Å²) in [6, 6.07) is 10.4. The number of guanidine groups is 1. The highest BCUT2D eigenvalue weighted by molar-refractivity contribution is 8.00. The number of para-hydroxylation sites is 1. The van der Waals surface area contributed by atoms with E-state index >= 15 is 0 Å². The first-order valence-corrected chi connectivity index (χ1v) is 9.84. The van der Waals surface area contributed by atoms with Crippen LogP contribution in [0.25, 0.3) is 10.9 Å². The highest BCUT2D eigenvalue weighted by atomic mass is 32.2. The third kappa shape index (κ3) is 4.01. The number of benzene rings is 1. The highest BCUT2D eigenvalue weighted by Crippen LogP contribution is 2.21. The Kier molecular flexibility index (Phi) is 5.96. The van der Waals surface area contributed by atoms with E-state index < -0.39 is 0 Å². The lowest BCUT2D eigenvalue weighted by atomic mass is 10.1. The molecular formula is C19H26N4S. The summed E-state index contributed by atoms with van der Waals surface area (Å²) >= 11 is 2.09. The first kappa shape index (κ1) is 17.1. The van der Waals surface area contributed by atoms with E-state index in [0.29, 0.717) is 11.8 Å². The Hall–Kier alpha value is -1.75. The zero-order valence-corrected chi connectivity index (χ0v) is 15.4. The SMILES string of the molecule is CCNC(=NCc1ccnc2ccccc12)N1CCSC(CC)C1. The lowest BCUT2D eigenvalue weighted by Gasteiger charge is -2.34. The van der Waals surface area contributed by atoms with Gasteiger partial charge in [-0.3, -0.25) is 4.98 Å². The fourth-order valence-electron chi connectivity index (χ4n) is 3.04. The topological polar surface area (TPSA) is 40.5 Å². The van der Waals surface area contributed by atoms with E-state index in [-0.39, 0.29) is 0 Å². The molecule has 1 unspecified atom stereocenters. The number of aliphatic imine (C=N–C) groups is 1. The van der Waals surface area contributed by atoms with Gasteiger partial charge in [-0.05, 0) is 31.0 Å². The van der Waals surface area contributed by atoms with E-state index in [4.69, 9.17) is 4.99 Å². The normalized spacial score (nSPS) is 18.8. The van der Waals surface area contributed by atoms with E-state index in [0.717, 1.165) is 31.1 Å². The van der Waals surface area contributed by atoms with Crippen LogP contribution in [0.4, 0.5) is 0 Å². The second-order valence-corrected chi connectivity index (χ2v) is 7.41. The number of thioether (sulfide) groups is 1. The maximum absolute atomic E-state index is 4.92. The summed E-state index contributed by atoms with van der Waals surface area (Å²) in [4.78, 5) is 11.8. The molecule has 128 valence electrons. The molecule has 1 saturated heterocycles. The van der Waals surface area contributed by atoms with Gasteiger partial charge < -0.3 is 10.2 Å². The van der Waals surface area contributed by atoms with Crippen LogP contribution in [0, 0.1) is 0 Å². The Balaban J connectivity index is 1.80. The number of pyridine rings is 1. The molecule has 24 heavy (non-hydrogen) atoms. The van der Waals surface area contributed by atoms with E-state index in [1.54, 1.807) is 0 Å². The van der Waals surface area contributed by atoms with Gasteiger partial charge in [-0.2, -0.15) is 11.8 Å². The van der Waals surface area contributed by atoms with Crippen LogP contribution < -0.4 is 5.32 Å². The molecule has 0 aliphatic carbocycles. The van der Waals surface area contributed by atoms with Crippen LogP contribution in [-0.2, 0) is 6.54 Å². The number of aromatic nitrogens is 1. The summed E-state index contributed by atoms with van der Waals surface area (Å²) < 4.78 is 0. The van der Waals surface area contributed by atoms with Gasteiger partial charge in [-0.1, -0.05) is 25.1 Å². The monoisotopic (exact) mass is 342 g/mol. The molecule has 0 saturated carbocycles. The van der Waals surface area contributed by atoms with Gasteiger partial charge in [-0.15, -0.1) is 0 Å². The minimum atomic E-state index is 0.686. The molecule has 1 aromatic carbocycles. The predicted octanol–water partition coefficient (Wildman–Crippen LogP) is 3.53. The molecule has 2 aromatic rings. The van der Waals surface area contributed by atoms with Gasteiger partial charge >= 0.3 is 0 Å². The van der Waals surface area contributed by atoms with Gasteiger partial charge in [0.2, 0.25) is 0 Å². The molecule has 0 spiro atoms. The number of rotatable bonds is 4. The first-order valence-electron chi connectivity index (χ1n) is 8.79. The second-order valence-electron chi connectivity index (χ2n) is 6.00. The van der Waals surface area contributed by atoms with Gasteiger partial charge in [0, 0.05) is 42.2 Å². The molecule has 2 heterocycles. The average molecular weight is 343 g/mol. The van der Waals surface area contributed by atoms with Crippen LogP contribution in [0.5, 0.6) is 0 Å². The largest absolute Gasteiger partial charge is 0.357 e. The zero-order chi connectivity index (χ0) is 16.8. The van der Waals surface area contributed by atoms with Crippen LogP contribution in [0.3, 0.4) is 0 Å². The summed E-state index contributed by atoms with van der Waals surface area (Å²) in [5, 5.41) is 5.37. The van der Waals surface area contributed by atoms with Crippen LogP contribution in [-0.4, -0.2) is 46.5 Å². The van der Waals surface area contributed by atoms with Crippen LogP contribution in [0.15, 0.2) is 41.5 Å². The summed E-state index contributed by atoms with van der Waals surface area (Å²) in [6.07, 6.45) is 3.10. The number of nitrogens with one attached hydrogen (secondary N) is 1. The van der Waals surface area contributed by atoms with Crippen molar-refractivity contribution in [1.82, 2.24) is 15.2 Å². The van der Waals surface area contributed by atoms with Gasteiger partial charge in [0.15, 0.2) is 5.96 Å². The van der Waals surface area contributed by atoms with Crippen LogP contribution in [0.1, 0.15) is 25.8 Å². The smallest absolute Gasteiger partial charge is 0.194 e. The minimum absolute atomic E-state index is 0.686. The summed E-state index contributed by atoms with van der Waals surface area (Å²) in [5.74, 6) is 2.22. The van der Waals surface area contributed by atoms with Crippen molar-refractivity contribution in [1.29, 1.82) is 0 Å². The first-order chi connectivity index (χ1) is 11.8. The summed E-state index contributed by atoms with van der Waals surface area (Å²) in [6.45, 7) is 8.15. The van der Waals surface area contributed by atoms with E-state index in [1.165, 1.54) is 23.1 Å². The van der Waals surface area contributed by atoms with Crippen molar-refractivity contribution in [2.75, 3.05) is 25.4 Å². The van der Waals surface area contributed by atoms with Crippen molar-refractivity contribution in [3.63, 3.8) is 0 Å². The van der Waals surface area contributed by atoms with E-state index in [1.807, 2.05) is 12.3 Å². The molecule has 1 fully saturated rings. The Labute approximate surface area is 148 Å². The predicted molar refractivity (Wildman–Crippen MR) is 105 cm³/mol. The van der Waals surface area contributed by atoms with Gasteiger partial charge in [-0.25, -0.2) is 4.99 Å². The minimum Gasteiger partial charge on any atom is -0.357 e. The molecule has 3 rings (SSSR count). The maximum atomic E-state index is 4.92. The fraction of sp³-hybridized carbons (Fsp3) is 0.474. The Bertz CT molecular complexity index is 695. The van der Waals surface area contributed by atoms with Crippen molar-refractivity contribution in [3.8, 4) is 0 Å². The lowest BCUT2D eigenvalue weighted by Crippen LogP contribution is -2.48. The van der Waals surface area contributed by atoms with Crippen molar-refractivity contribution in [3.05, 3.63) is 42.1 Å². The Morgan fingerprint density at radius 3 is 3.04 bits per heavy atom. The van der Waals surface area contributed by atoms with Crippen LogP contribution in [0.2, 0.25) is 0 Å². The quantitative estimate of drug-likeness (QED) is 0.682. The molecule has 1 aliphatic rings. The van der Waals surface area contributed by atoms with Gasteiger partial charge in [0.05, 0.1) is 12.1 Å². The molecule has 1 aliphatic heterocycles. The molecule has 5 heteroatoms. The van der Waals surface area contributed by atoms with Crippen molar-refractivity contribution in [2.24, 2.45) is 4.99 Å². The molecule has 0 bridgehead atoms. The standard InChI is InChI=1S/C19H26N4S/c1-3-16-14-23(11-12-24-16)19(20-4-2)22-13-15-9-10-21-18-8-6-5-7-17(15)18/h5-10,16H,3-4,11-14H2,1-2H3,(H,20,22). The summed E-state index contributed by atoms with van der Waals surface area (Å²) in [5.41, 5.74) is 2.27. The molecule has 1 aromatic heterocycles. The van der Waals surface area contributed by atoms with Gasteiger partial charge in [0.25, 0.3) is 0 Å². The third-order valence-electron chi connectivity index (χ3n) is 4.37. The lowest BCUT2D eigenvalue weighted by molar-refractivity contribution is 0.408. The third-order valence-corrected chi connectivity index (χ3v) is 5.74. The second kappa shape index (κ2) is 8.38.